The normalized spacial score (nSPS) is 14.4. The molecule has 0 amide bonds. The van der Waals surface area contributed by atoms with Crippen molar-refractivity contribution in [2.75, 3.05) is 0 Å². The maximum absolute atomic E-state index is 3.99. The smallest absolute Gasteiger partial charge is 0.0443 e. The summed E-state index contributed by atoms with van der Waals surface area (Å²) in [5, 5.41) is 0. The van der Waals surface area contributed by atoms with Gasteiger partial charge in [-0.05, 0) is 11.8 Å². The van der Waals surface area contributed by atoms with E-state index in [0.29, 0.717) is 0 Å². The molecule has 0 bridgehead atoms. The van der Waals surface area contributed by atoms with Gasteiger partial charge in [0.05, 0.1) is 0 Å². The molecule has 0 saturated heterocycles. The molecule has 20 heavy (non-hydrogen) atoms. The fraction of sp³-hybridized carbons (Fsp3) is 0.950. The van der Waals surface area contributed by atoms with Crippen molar-refractivity contribution in [3.63, 3.8) is 0 Å². The van der Waals surface area contributed by atoms with Gasteiger partial charge in [0, 0.05) is 0 Å². The van der Waals surface area contributed by atoms with E-state index in [0.717, 1.165) is 18.3 Å². The number of hydrogen-bond acceptors (Lipinski definition) is 0. The third-order valence-electron chi connectivity index (χ3n) is 4.70. The van der Waals surface area contributed by atoms with Crippen LogP contribution in [0.25, 0.3) is 0 Å². The van der Waals surface area contributed by atoms with E-state index in [1.54, 1.807) is 0 Å². The van der Waals surface area contributed by atoms with E-state index in [-0.39, 0.29) is 0 Å². The highest BCUT2D eigenvalue weighted by atomic mass is 14.1. The molecule has 0 aliphatic heterocycles. The molecule has 0 aromatic rings. The summed E-state index contributed by atoms with van der Waals surface area (Å²) in [7, 11) is 0. The zero-order valence-electron chi connectivity index (χ0n) is 14.8. The largest absolute Gasteiger partial charge is 0.0654 e. The van der Waals surface area contributed by atoms with Crippen molar-refractivity contribution >= 4 is 0 Å². The van der Waals surface area contributed by atoms with Crippen molar-refractivity contribution in [2.45, 2.75) is 111 Å². The molecule has 121 valence electrons. The molecule has 0 spiro atoms. The van der Waals surface area contributed by atoms with Crippen molar-refractivity contribution in [3.05, 3.63) is 6.92 Å². The average molecular weight is 282 g/mol. The lowest BCUT2D eigenvalue weighted by Crippen LogP contribution is -1.99. The van der Waals surface area contributed by atoms with Crippen LogP contribution in [0.5, 0.6) is 0 Å². The predicted molar refractivity (Wildman–Crippen MR) is 94.0 cm³/mol. The molecule has 0 heteroatoms. The Balaban J connectivity index is 3.15. The third-order valence-corrected chi connectivity index (χ3v) is 4.70. The van der Waals surface area contributed by atoms with Gasteiger partial charge in [-0.15, -0.1) is 0 Å². The fourth-order valence-corrected chi connectivity index (χ4v) is 2.84. The van der Waals surface area contributed by atoms with Crippen LogP contribution in [-0.2, 0) is 0 Å². The molecule has 0 aliphatic rings. The van der Waals surface area contributed by atoms with Crippen LogP contribution in [0.15, 0.2) is 0 Å². The Hall–Kier alpha value is 0. The summed E-state index contributed by atoms with van der Waals surface area (Å²) in [6.07, 6.45) is 19.9. The van der Waals surface area contributed by atoms with Gasteiger partial charge < -0.3 is 0 Å². The second-order valence-electron chi connectivity index (χ2n) is 7.05. The summed E-state index contributed by atoms with van der Waals surface area (Å²) in [5.41, 5.74) is 0. The quantitative estimate of drug-likeness (QED) is 0.271. The Morgan fingerprint density at radius 3 is 1.55 bits per heavy atom. The Morgan fingerprint density at radius 2 is 1.05 bits per heavy atom. The Bertz CT molecular complexity index is 173. The van der Waals surface area contributed by atoms with E-state index < -0.39 is 0 Å². The molecule has 0 heterocycles. The second-order valence-corrected chi connectivity index (χ2v) is 7.05. The van der Waals surface area contributed by atoms with E-state index in [9.17, 15) is 0 Å². The first-order valence-electron chi connectivity index (χ1n) is 9.49. The second kappa shape index (κ2) is 15.4. The molecule has 1 radical (unpaired) electrons. The molecule has 0 aliphatic carbocycles. The van der Waals surface area contributed by atoms with Crippen molar-refractivity contribution in [2.24, 2.45) is 11.8 Å². The van der Waals surface area contributed by atoms with Crippen molar-refractivity contribution in [1.82, 2.24) is 0 Å². The van der Waals surface area contributed by atoms with Crippen LogP contribution in [0.3, 0.4) is 0 Å². The number of unbranched alkanes of at least 4 members (excludes halogenated alkanes) is 9. The van der Waals surface area contributed by atoms with E-state index in [4.69, 9.17) is 0 Å². The molecule has 0 aromatic heterocycles. The SMILES string of the molecule is [CH2]CC(C)CCC(C)CCCCCCCCCCCC. The first kappa shape index (κ1) is 20.0. The lowest BCUT2D eigenvalue weighted by Gasteiger charge is -2.14. The first-order chi connectivity index (χ1) is 9.70. The summed E-state index contributed by atoms with van der Waals surface area (Å²) < 4.78 is 0. The molecule has 0 saturated carbocycles. The Kier molecular flexibility index (Phi) is 15.4. The molecule has 0 aromatic carbocycles. The van der Waals surface area contributed by atoms with Gasteiger partial charge in [-0.25, -0.2) is 0 Å². The van der Waals surface area contributed by atoms with Crippen LogP contribution in [-0.4, -0.2) is 0 Å². The molecule has 0 N–H and O–H groups in total. The van der Waals surface area contributed by atoms with Crippen LogP contribution in [0.1, 0.15) is 111 Å². The molecule has 0 rings (SSSR count). The van der Waals surface area contributed by atoms with Gasteiger partial charge in [-0.1, -0.05) is 118 Å². The van der Waals surface area contributed by atoms with Crippen LogP contribution in [0, 0.1) is 18.8 Å². The topological polar surface area (TPSA) is 0 Å². The van der Waals surface area contributed by atoms with Crippen LogP contribution >= 0.6 is 0 Å². The Labute approximate surface area is 130 Å². The lowest BCUT2D eigenvalue weighted by atomic mass is 9.92. The predicted octanol–water partition coefficient (Wildman–Crippen LogP) is 7.57. The van der Waals surface area contributed by atoms with Crippen LogP contribution < -0.4 is 0 Å². The summed E-state index contributed by atoms with van der Waals surface area (Å²) in [5.74, 6) is 1.75. The van der Waals surface area contributed by atoms with Crippen LogP contribution in [0.4, 0.5) is 0 Å². The summed E-state index contributed by atoms with van der Waals surface area (Å²) in [6.45, 7) is 11.1. The minimum atomic E-state index is 0.824. The maximum atomic E-state index is 3.99. The number of rotatable bonds is 15. The van der Waals surface area contributed by atoms with E-state index >= 15 is 0 Å². The highest BCUT2D eigenvalue weighted by molar-refractivity contribution is 4.60. The van der Waals surface area contributed by atoms with Gasteiger partial charge in [-0.2, -0.15) is 0 Å². The van der Waals surface area contributed by atoms with Crippen molar-refractivity contribution in [1.29, 1.82) is 0 Å². The van der Waals surface area contributed by atoms with E-state index in [2.05, 4.69) is 27.7 Å². The summed E-state index contributed by atoms with van der Waals surface area (Å²) in [4.78, 5) is 0. The van der Waals surface area contributed by atoms with Gasteiger partial charge >= 0.3 is 0 Å². The average Bonchev–Trinajstić information content (AvgIpc) is 2.46. The summed E-state index contributed by atoms with van der Waals surface area (Å²) in [6, 6.07) is 0. The zero-order chi connectivity index (χ0) is 15.1. The minimum Gasteiger partial charge on any atom is -0.0654 e. The third kappa shape index (κ3) is 14.4. The molecular weight excluding hydrogens is 240 g/mol. The fourth-order valence-electron chi connectivity index (χ4n) is 2.84. The van der Waals surface area contributed by atoms with Crippen LogP contribution in [0.2, 0.25) is 0 Å². The van der Waals surface area contributed by atoms with Gasteiger partial charge in [-0.3, -0.25) is 0 Å². The molecule has 2 unspecified atom stereocenters. The standard InChI is InChI=1S/C20H41/c1-5-7-8-9-10-11-12-13-14-15-16-20(4)18-17-19(3)6-2/h19-20H,2,5-18H2,1,3-4H3. The highest BCUT2D eigenvalue weighted by Crippen LogP contribution is 2.20. The van der Waals surface area contributed by atoms with Crippen molar-refractivity contribution < 1.29 is 0 Å². The van der Waals surface area contributed by atoms with Gasteiger partial charge in [0.2, 0.25) is 0 Å². The van der Waals surface area contributed by atoms with Gasteiger partial charge in [0.15, 0.2) is 0 Å². The van der Waals surface area contributed by atoms with Crippen molar-refractivity contribution in [3.8, 4) is 0 Å². The maximum Gasteiger partial charge on any atom is -0.0443 e. The Morgan fingerprint density at radius 1 is 0.600 bits per heavy atom. The van der Waals surface area contributed by atoms with E-state index in [1.807, 2.05) is 0 Å². The lowest BCUT2D eigenvalue weighted by molar-refractivity contribution is 0.398. The molecule has 2 atom stereocenters. The summed E-state index contributed by atoms with van der Waals surface area (Å²) >= 11 is 0. The molecule has 0 fully saturated rings. The zero-order valence-corrected chi connectivity index (χ0v) is 14.8. The monoisotopic (exact) mass is 281 g/mol. The molecule has 0 nitrogen and oxygen atoms in total. The minimum absolute atomic E-state index is 0.824. The number of hydrogen-bond donors (Lipinski definition) is 0. The first-order valence-corrected chi connectivity index (χ1v) is 9.49. The highest BCUT2D eigenvalue weighted by Gasteiger charge is 2.05. The van der Waals surface area contributed by atoms with Gasteiger partial charge in [0.1, 0.15) is 0 Å². The van der Waals surface area contributed by atoms with Gasteiger partial charge in [0.25, 0.3) is 0 Å². The van der Waals surface area contributed by atoms with E-state index in [1.165, 1.54) is 83.5 Å². The molecular formula is C20H41.